The Morgan fingerprint density at radius 1 is 1.35 bits per heavy atom. The average Bonchev–Trinajstić information content (AvgIpc) is 2.42. The van der Waals surface area contributed by atoms with Gasteiger partial charge in [0.15, 0.2) is 5.75 Å². The second-order valence-corrected chi connectivity index (χ2v) is 4.39. The molecule has 0 atom stereocenters. The summed E-state index contributed by atoms with van der Waals surface area (Å²) >= 11 is 0. The minimum absolute atomic E-state index is 0.178. The number of carbonyl (C=O) groups is 1. The minimum Gasteiger partial charge on any atom is -0.503 e. The normalized spacial score (nSPS) is 11.0. The summed E-state index contributed by atoms with van der Waals surface area (Å²) in [6.45, 7) is 4.61. The third-order valence-corrected chi connectivity index (χ3v) is 3.20. The lowest BCUT2D eigenvalue weighted by Crippen LogP contribution is -2.28. The number of carboxylic acids is 1. The van der Waals surface area contributed by atoms with Crippen LogP contribution in [0.1, 0.15) is 25.2 Å². The molecule has 0 fully saturated rings. The number of carboxylic acid groups (broad SMARTS) is 1. The van der Waals surface area contributed by atoms with E-state index in [-0.39, 0.29) is 17.9 Å². The zero-order chi connectivity index (χ0) is 15.3. The lowest BCUT2D eigenvalue weighted by Gasteiger charge is -2.23. The third-order valence-electron chi connectivity index (χ3n) is 3.20. The van der Waals surface area contributed by atoms with E-state index in [1.807, 2.05) is 18.7 Å². The predicted molar refractivity (Wildman–Crippen MR) is 72.6 cm³/mol. The van der Waals surface area contributed by atoms with Crippen LogP contribution in [0.25, 0.3) is 0 Å². The van der Waals surface area contributed by atoms with Gasteiger partial charge in [0.05, 0.1) is 12.3 Å². The van der Waals surface area contributed by atoms with Crippen molar-refractivity contribution in [3.05, 3.63) is 27.7 Å². The van der Waals surface area contributed by atoms with Gasteiger partial charge in [0.25, 0.3) is 0 Å². The summed E-state index contributed by atoms with van der Waals surface area (Å²) in [6.07, 6.45) is 0. The Hall–Kier alpha value is -1.86. The molecule has 0 aliphatic heterocycles. The molecule has 0 aliphatic rings. The second kappa shape index (κ2) is 7.06. The minimum atomic E-state index is -1.11. The number of hydrogen-bond acceptors (Lipinski definition) is 5. The number of aromatic nitrogens is 1. The highest BCUT2D eigenvalue weighted by Gasteiger charge is 2.18. The predicted octanol–water partition coefficient (Wildman–Crippen LogP) is -0.0274. The zero-order valence-corrected chi connectivity index (χ0v) is 11.7. The standard InChI is InChI=1S/C13H20N2O5/c1-3-14(4-2)6-10-13(20)11(17)5-9(8-16)15(10)7-12(18)19/h5,16,20H,3-4,6-8H2,1-2H3,(H,18,19). The van der Waals surface area contributed by atoms with Gasteiger partial charge in [-0.2, -0.15) is 0 Å². The third kappa shape index (κ3) is 3.58. The molecule has 0 unspecified atom stereocenters. The van der Waals surface area contributed by atoms with E-state index < -0.39 is 30.3 Å². The lowest BCUT2D eigenvalue weighted by molar-refractivity contribution is -0.137. The van der Waals surface area contributed by atoms with Gasteiger partial charge in [-0.05, 0) is 13.1 Å². The largest absolute Gasteiger partial charge is 0.503 e. The molecule has 3 N–H and O–H groups in total. The van der Waals surface area contributed by atoms with Crippen LogP contribution in [0.3, 0.4) is 0 Å². The summed E-state index contributed by atoms with van der Waals surface area (Å²) < 4.78 is 1.28. The number of aromatic hydroxyl groups is 1. The van der Waals surface area contributed by atoms with Gasteiger partial charge in [-0.25, -0.2) is 0 Å². The van der Waals surface area contributed by atoms with E-state index in [9.17, 15) is 19.8 Å². The molecule has 1 aromatic rings. The maximum Gasteiger partial charge on any atom is 0.323 e. The molecule has 0 saturated carbocycles. The van der Waals surface area contributed by atoms with E-state index in [1.54, 1.807) is 0 Å². The molecule has 1 aromatic heterocycles. The maximum atomic E-state index is 11.7. The fourth-order valence-electron chi connectivity index (χ4n) is 2.02. The first-order valence-corrected chi connectivity index (χ1v) is 6.44. The summed E-state index contributed by atoms with van der Waals surface area (Å²) in [6, 6.07) is 1.06. The molecule has 0 aromatic carbocycles. The summed E-state index contributed by atoms with van der Waals surface area (Å²) in [5.41, 5.74) is -0.220. The summed E-state index contributed by atoms with van der Waals surface area (Å²) in [5.74, 6) is -1.57. The van der Waals surface area contributed by atoms with Crippen LogP contribution in [0.4, 0.5) is 0 Å². The van der Waals surface area contributed by atoms with Crippen LogP contribution < -0.4 is 5.43 Å². The van der Waals surface area contributed by atoms with Gasteiger partial charge in [-0.15, -0.1) is 0 Å². The molecule has 7 heteroatoms. The number of aliphatic carboxylic acids is 1. The number of aliphatic hydroxyl groups excluding tert-OH is 1. The van der Waals surface area contributed by atoms with Gasteiger partial charge >= 0.3 is 5.97 Å². The first-order chi connectivity index (χ1) is 9.44. The van der Waals surface area contributed by atoms with Crippen molar-refractivity contribution in [2.24, 2.45) is 0 Å². The van der Waals surface area contributed by atoms with E-state index in [0.29, 0.717) is 13.1 Å². The van der Waals surface area contributed by atoms with Gasteiger partial charge in [-0.1, -0.05) is 13.8 Å². The van der Waals surface area contributed by atoms with E-state index in [0.717, 1.165) is 6.07 Å². The molecular weight excluding hydrogens is 264 g/mol. The van der Waals surface area contributed by atoms with Crippen LogP contribution in [0.15, 0.2) is 10.9 Å². The highest BCUT2D eigenvalue weighted by molar-refractivity contribution is 5.67. The highest BCUT2D eigenvalue weighted by Crippen LogP contribution is 2.17. The van der Waals surface area contributed by atoms with Gasteiger partial charge in [-0.3, -0.25) is 14.5 Å². The molecule has 7 nitrogen and oxygen atoms in total. The van der Waals surface area contributed by atoms with Gasteiger partial charge in [0.1, 0.15) is 6.54 Å². The Bertz CT molecular complexity index is 534. The maximum absolute atomic E-state index is 11.7. The number of pyridine rings is 1. The summed E-state index contributed by atoms with van der Waals surface area (Å²) in [5, 5.41) is 28.1. The topological polar surface area (TPSA) is 103 Å². The Kier molecular flexibility index (Phi) is 5.72. The van der Waals surface area contributed by atoms with Crippen molar-refractivity contribution in [2.75, 3.05) is 13.1 Å². The lowest BCUT2D eigenvalue weighted by atomic mass is 10.2. The van der Waals surface area contributed by atoms with Crippen molar-refractivity contribution in [1.82, 2.24) is 9.47 Å². The van der Waals surface area contributed by atoms with E-state index in [1.165, 1.54) is 4.57 Å². The molecule has 1 heterocycles. The van der Waals surface area contributed by atoms with Crippen LogP contribution in [0.2, 0.25) is 0 Å². The Morgan fingerprint density at radius 2 is 1.95 bits per heavy atom. The molecule has 0 saturated heterocycles. The SMILES string of the molecule is CCN(CC)Cc1c(O)c(=O)cc(CO)n1CC(=O)O. The van der Waals surface area contributed by atoms with Crippen LogP contribution in [-0.2, 0) is 24.5 Å². The van der Waals surface area contributed by atoms with Crippen LogP contribution in [0, 0.1) is 0 Å². The number of aliphatic hydroxyl groups is 1. The van der Waals surface area contributed by atoms with E-state index in [2.05, 4.69) is 0 Å². The molecule has 112 valence electrons. The van der Waals surface area contributed by atoms with Gasteiger partial charge in [0, 0.05) is 18.3 Å². The van der Waals surface area contributed by atoms with Crippen LogP contribution >= 0.6 is 0 Å². The number of nitrogens with zero attached hydrogens (tertiary/aromatic N) is 2. The first kappa shape index (κ1) is 16.2. The van der Waals surface area contributed by atoms with Crippen molar-refractivity contribution in [3.8, 4) is 5.75 Å². The Labute approximate surface area is 116 Å². The first-order valence-electron chi connectivity index (χ1n) is 6.44. The molecule has 0 amide bonds. The Balaban J connectivity index is 3.39. The average molecular weight is 284 g/mol. The molecule has 0 aliphatic carbocycles. The Morgan fingerprint density at radius 3 is 2.40 bits per heavy atom. The fraction of sp³-hybridized carbons (Fsp3) is 0.538. The van der Waals surface area contributed by atoms with E-state index >= 15 is 0 Å². The van der Waals surface area contributed by atoms with Crippen LogP contribution in [0.5, 0.6) is 5.75 Å². The van der Waals surface area contributed by atoms with Crippen LogP contribution in [-0.4, -0.2) is 43.8 Å². The molecule has 0 radical (unpaired) electrons. The van der Waals surface area contributed by atoms with Gasteiger partial charge < -0.3 is 19.9 Å². The monoisotopic (exact) mass is 284 g/mol. The summed E-state index contributed by atoms with van der Waals surface area (Å²) in [7, 11) is 0. The summed E-state index contributed by atoms with van der Waals surface area (Å²) in [4.78, 5) is 24.5. The van der Waals surface area contributed by atoms with Crippen molar-refractivity contribution in [3.63, 3.8) is 0 Å². The van der Waals surface area contributed by atoms with Crippen molar-refractivity contribution in [2.45, 2.75) is 33.5 Å². The molecule has 20 heavy (non-hydrogen) atoms. The number of hydrogen-bond donors (Lipinski definition) is 3. The molecule has 0 spiro atoms. The van der Waals surface area contributed by atoms with Crippen molar-refractivity contribution < 1.29 is 20.1 Å². The number of rotatable bonds is 7. The smallest absolute Gasteiger partial charge is 0.323 e. The molecular formula is C13H20N2O5. The van der Waals surface area contributed by atoms with Gasteiger partial charge in [0.2, 0.25) is 5.43 Å². The van der Waals surface area contributed by atoms with Crippen molar-refractivity contribution in [1.29, 1.82) is 0 Å². The quantitative estimate of drug-likeness (QED) is 0.650. The highest BCUT2D eigenvalue weighted by atomic mass is 16.4. The van der Waals surface area contributed by atoms with E-state index in [4.69, 9.17) is 5.11 Å². The fourth-order valence-corrected chi connectivity index (χ4v) is 2.02. The molecule has 0 bridgehead atoms. The second-order valence-electron chi connectivity index (χ2n) is 4.39. The zero-order valence-electron chi connectivity index (χ0n) is 11.7. The van der Waals surface area contributed by atoms with Crippen molar-refractivity contribution >= 4 is 5.97 Å². The molecule has 1 rings (SSSR count).